The topological polar surface area (TPSA) is 33.5 Å². The summed E-state index contributed by atoms with van der Waals surface area (Å²) in [6, 6.07) is 73.9. The minimum absolute atomic E-state index is 0. The van der Waals surface area contributed by atoms with Crippen LogP contribution in [0.3, 0.4) is 0 Å². The quantitative estimate of drug-likeness (QED) is 0.108. The Kier molecular flexibility index (Phi) is 15.8. The second-order valence-electron chi connectivity index (χ2n) is 25.9. The molecule has 8 aromatic carbocycles. The second-order valence-corrected chi connectivity index (χ2v) is 25.9. The Morgan fingerprint density at radius 2 is 1.10 bits per heavy atom. The van der Waals surface area contributed by atoms with Crippen LogP contribution in [0.15, 0.2) is 194 Å². The molecule has 1 aliphatic rings. The van der Waals surface area contributed by atoms with Crippen LogP contribution in [-0.4, -0.2) is 9.55 Å². The number of nitrogens with zero attached hydrogens (tertiary/aromatic N) is 4. The van der Waals surface area contributed by atoms with Crippen molar-refractivity contribution in [2.45, 2.75) is 130 Å². The SMILES string of the molecule is CC(C)c1cccc(C(C)C)c1C1=CN(c2cc(-c3ccccc3)cc(C(C)(C)C)c2)[CH-]N1c1[c-]c(Oc2[c-]c3c(cc2)c2cc(C(C)(C)C)ccc2n3-c2cc(C(C)(C)c3ccccc3)ccn2)cc(C(C)(C)c2ccccc2)c1.[Pt]. The van der Waals surface area contributed by atoms with Crippen LogP contribution in [0, 0.1) is 18.8 Å². The van der Waals surface area contributed by atoms with Crippen molar-refractivity contribution in [3.8, 4) is 28.4 Å². The summed E-state index contributed by atoms with van der Waals surface area (Å²) in [6.45, 7) is 34.4. The van der Waals surface area contributed by atoms with Gasteiger partial charge in [0.15, 0.2) is 0 Å². The molecule has 0 spiro atoms. The zero-order valence-corrected chi connectivity index (χ0v) is 52.5. The van der Waals surface area contributed by atoms with Crippen LogP contribution >= 0.6 is 0 Å². The minimum atomic E-state index is -0.424. The molecule has 1 aliphatic heterocycles. The molecule has 2 aromatic heterocycles. The normalized spacial score (nSPS) is 13.3. The van der Waals surface area contributed by atoms with E-state index in [-0.39, 0.29) is 49.1 Å². The van der Waals surface area contributed by atoms with Gasteiger partial charge in [-0.3, -0.25) is 0 Å². The Labute approximate surface area is 503 Å². The molecule has 82 heavy (non-hydrogen) atoms. The van der Waals surface area contributed by atoms with E-state index in [2.05, 4.69) is 318 Å². The van der Waals surface area contributed by atoms with Crippen molar-refractivity contribution in [1.29, 1.82) is 0 Å². The van der Waals surface area contributed by atoms with Gasteiger partial charge in [-0.05, 0) is 120 Å². The molecule has 0 bridgehead atoms. The fourth-order valence-corrected chi connectivity index (χ4v) is 11.6. The van der Waals surface area contributed by atoms with Crippen LogP contribution in [0.5, 0.6) is 11.5 Å². The minimum Gasteiger partial charge on any atom is -0.509 e. The van der Waals surface area contributed by atoms with Crippen molar-refractivity contribution in [1.82, 2.24) is 9.55 Å². The molecule has 0 fully saturated rings. The molecular weight excluding hydrogens is 1180 g/mol. The molecule has 0 unspecified atom stereocenters. The fourth-order valence-electron chi connectivity index (χ4n) is 11.6. The van der Waals surface area contributed by atoms with Gasteiger partial charge in [0.2, 0.25) is 0 Å². The molecule has 10 aromatic rings. The molecule has 5 nitrogen and oxygen atoms in total. The summed E-state index contributed by atoms with van der Waals surface area (Å²) in [5.41, 5.74) is 17.6. The van der Waals surface area contributed by atoms with Gasteiger partial charge in [0.25, 0.3) is 0 Å². The third-order valence-corrected chi connectivity index (χ3v) is 16.8. The van der Waals surface area contributed by atoms with Gasteiger partial charge in [-0.25, -0.2) is 4.98 Å². The molecular formula is C76H77N4OPt-3. The van der Waals surface area contributed by atoms with E-state index in [0.29, 0.717) is 11.5 Å². The predicted octanol–water partition coefficient (Wildman–Crippen LogP) is 20.2. The third-order valence-electron chi connectivity index (χ3n) is 16.8. The first-order valence-electron chi connectivity index (χ1n) is 28.9. The zero-order chi connectivity index (χ0) is 57.2. The number of hydrogen-bond donors (Lipinski definition) is 0. The van der Waals surface area contributed by atoms with Crippen LogP contribution < -0.4 is 14.5 Å². The van der Waals surface area contributed by atoms with Crippen LogP contribution in [0.1, 0.15) is 159 Å². The van der Waals surface area contributed by atoms with Crippen molar-refractivity contribution in [2.75, 3.05) is 9.80 Å². The van der Waals surface area contributed by atoms with E-state index < -0.39 is 5.41 Å². The smallest absolute Gasteiger partial charge is 0.135 e. The first kappa shape index (κ1) is 57.8. The van der Waals surface area contributed by atoms with E-state index in [1.807, 2.05) is 6.20 Å². The Bertz CT molecular complexity index is 3940. The number of fused-ring (bicyclic) bond motifs is 3. The summed E-state index contributed by atoms with van der Waals surface area (Å²) >= 11 is 0. The monoisotopic (exact) mass is 1260 g/mol. The van der Waals surface area contributed by atoms with E-state index in [4.69, 9.17) is 9.72 Å². The molecule has 0 saturated heterocycles. The maximum absolute atomic E-state index is 7.23. The predicted molar refractivity (Wildman–Crippen MR) is 341 cm³/mol. The van der Waals surface area contributed by atoms with Gasteiger partial charge in [0.05, 0.1) is 0 Å². The van der Waals surface area contributed by atoms with Crippen LogP contribution in [-0.2, 0) is 42.7 Å². The molecule has 0 N–H and O–H groups in total. The van der Waals surface area contributed by atoms with Crippen LogP contribution in [0.4, 0.5) is 11.4 Å². The molecule has 0 atom stereocenters. The van der Waals surface area contributed by atoms with Gasteiger partial charge in [-0.2, -0.15) is 6.07 Å². The van der Waals surface area contributed by atoms with Crippen molar-refractivity contribution in [2.24, 2.45) is 0 Å². The summed E-state index contributed by atoms with van der Waals surface area (Å²) in [6.07, 6.45) is 4.28. The number of pyridine rings is 1. The Morgan fingerprint density at radius 1 is 0.488 bits per heavy atom. The third kappa shape index (κ3) is 11.1. The van der Waals surface area contributed by atoms with Gasteiger partial charge in [0.1, 0.15) is 5.82 Å². The van der Waals surface area contributed by atoms with Crippen molar-refractivity contribution >= 4 is 38.9 Å². The number of aromatic nitrogens is 2. The molecule has 11 rings (SSSR count). The Hall–Kier alpha value is -7.46. The summed E-state index contributed by atoms with van der Waals surface area (Å²) < 4.78 is 9.50. The first-order chi connectivity index (χ1) is 38.6. The summed E-state index contributed by atoms with van der Waals surface area (Å²) in [7, 11) is 0. The Balaban J connectivity index is 0.00000753. The van der Waals surface area contributed by atoms with E-state index in [9.17, 15) is 0 Å². The maximum atomic E-state index is 7.23. The number of benzene rings is 8. The largest absolute Gasteiger partial charge is 0.509 e. The molecule has 0 aliphatic carbocycles. The van der Waals surface area contributed by atoms with Crippen LogP contribution in [0.25, 0.3) is 44.4 Å². The molecule has 6 heteroatoms. The van der Waals surface area contributed by atoms with Crippen LogP contribution in [0.2, 0.25) is 0 Å². The van der Waals surface area contributed by atoms with E-state index >= 15 is 0 Å². The number of ether oxygens (including phenoxy) is 1. The van der Waals surface area contributed by atoms with Crippen molar-refractivity contribution < 1.29 is 25.8 Å². The molecule has 0 amide bonds. The van der Waals surface area contributed by atoms with Crippen molar-refractivity contribution in [3.05, 3.63) is 263 Å². The van der Waals surface area contributed by atoms with Gasteiger partial charge in [0, 0.05) is 66.6 Å². The zero-order valence-electron chi connectivity index (χ0n) is 50.2. The van der Waals surface area contributed by atoms with E-state index in [1.54, 1.807) is 0 Å². The van der Waals surface area contributed by atoms with Gasteiger partial charge in [-0.15, -0.1) is 53.6 Å². The summed E-state index contributed by atoms with van der Waals surface area (Å²) in [5, 5.41) is 2.23. The average molecular weight is 1260 g/mol. The first-order valence-corrected chi connectivity index (χ1v) is 28.9. The standard InChI is InChI=1S/C76H77N4O.Pt/c1-50(2)64-31-24-32-65(51(3)4)72(64)70-48-78(60-40-53(52-25-18-15-19-26-52)39-58(41-60)74(8,9)10)49-79(70)61-42-59(76(13,14)55-29-22-17-23-30-55)43-63(46-61)81-62-34-35-66-67-44-56(73(5,6)7)33-36-68(67)80(69(66)47-62)71-45-57(37-38-77-71)75(11,12)54-27-20-16-21-28-54;/h15-45,48-51H,1-14H3;/q-3;. The fraction of sp³-hybridized carbons (Fsp3) is 0.263. The van der Waals surface area contributed by atoms with Gasteiger partial charge in [-0.1, -0.05) is 230 Å². The Morgan fingerprint density at radius 3 is 1.71 bits per heavy atom. The summed E-state index contributed by atoms with van der Waals surface area (Å²) in [5.74, 6) is 2.55. The van der Waals surface area contributed by atoms with E-state index in [0.717, 1.165) is 50.3 Å². The number of rotatable bonds is 13. The van der Waals surface area contributed by atoms with Gasteiger partial charge < -0.3 is 19.1 Å². The van der Waals surface area contributed by atoms with E-state index in [1.165, 1.54) is 55.6 Å². The second kappa shape index (κ2) is 22.4. The molecule has 420 valence electrons. The number of anilines is 2. The van der Waals surface area contributed by atoms with Gasteiger partial charge >= 0.3 is 0 Å². The molecule has 3 heterocycles. The average Bonchev–Trinajstić information content (AvgIpc) is 4.20. The molecule has 0 radical (unpaired) electrons. The number of hydrogen-bond acceptors (Lipinski definition) is 4. The molecule has 0 saturated carbocycles. The maximum Gasteiger partial charge on any atom is 0.135 e. The van der Waals surface area contributed by atoms with Crippen molar-refractivity contribution in [3.63, 3.8) is 0 Å². The summed E-state index contributed by atoms with van der Waals surface area (Å²) in [4.78, 5) is 9.77.